The maximum atomic E-state index is 6.57. The van der Waals surface area contributed by atoms with Crippen molar-refractivity contribution in [3.63, 3.8) is 0 Å². The molecule has 0 atom stereocenters. The van der Waals surface area contributed by atoms with Crippen molar-refractivity contribution < 1.29 is 24.5 Å². The fourth-order valence-corrected chi connectivity index (χ4v) is 11.3. The Hall–Kier alpha value is -5.53. The summed E-state index contributed by atoms with van der Waals surface area (Å²) in [6.45, 7) is 22.8. The van der Waals surface area contributed by atoms with E-state index in [-0.39, 0.29) is 31.9 Å². The first kappa shape index (κ1) is 46.0. The van der Waals surface area contributed by atoms with Gasteiger partial charge in [-0.15, -0.1) is 53.6 Å². The number of aromatic nitrogens is 5. The van der Waals surface area contributed by atoms with Gasteiger partial charge in [0.25, 0.3) is 0 Å². The SMILES string of the molecule is C[Si](C)(C)c1cnc(-c2[c-]cccc2)c2c1CCCC2.Cc1nccc2nc(-c3[c-]cc(C(C)C)c4c3oc3ncccc34)n(-c3c(C(C)C)cc(-c4ccccc4)cc3C(C)C)c12.[Ir]. The second-order valence-corrected chi connectivity index (χ2v) is 24.4. The van der Waals surface area contributed by atoms with Crippen LogP contribution in [0, 0.1) is 19.1 Å². The van der Waals surface area contributed by atoms with Crippen LogP contribution >= 0.6 is 0 Å². The molecule has 0 aliphatic heterocycles. The molecule has 0 amide bonds. The van der Waals surface area contributed by atoms with Gasteiger partial charge >= 0.3 is 0 Å². The Kier molecular flexibility index (Phi) is 13.3. The van der Waals surface area contributed by atoms with Gasteiger partial charge in [0.1, 0.15) is 0 Å². The van der Waals surface area contributed by atoms with Gasteiger partial charge in [0.05, 0.1) is 36.2 Å². The fourth-order valence-electron chi connectivity index (χ4n) is 9.65. The number of hydrogen-bond donors (Lipinski definition) is 0. The summed E-state index contributed by atoms with van der Waals surface area (Å²) >= 11 is 0. The first-order chi connectivity index (χ1) is 30.8. The number of fused-ring (bicyclic) bond motifs is 5. The minimum atomic E-state index is -1.31. The van der Waals surface area contributed by atoms with Crippen molar-refractivity contribution in [1.29, 1.82) is 0 Å². The van der Waals surface area contributed by atoms with Gasteiger partial charge < -0.3 is 14.0 Å². The minimum absolute atomic E-state index is 0. The molecular weight excluding hydrogens is 991 g/mol. The summed E-state index contributed by atoms with van der Waals surface area (Å²) in [7, 11) is -1.31. The quantitative estimate of drug-likeness (QED) is 0.112. The average Bonchev–Trinajstić information content (AvgIpc) is 3.88. The Morgan fingerprint density at radius 2 is 1.40 bits per heavy atom. The van der Waals surface area contributed by atoms with E-state index in [1.165, 1.54) is 64.8 Å². The number of rotatable bonds is 8. The topological polar surface area (TPSA) is 69.6 Å². The predicted octanol–water partition coefficient (Wildman–Crippen LogP) is 14.5. The van der Waals surface area contributed by atoms with E-state index in [0.717, 1.165) is 55.7 Å². The standard InChI is InChI=1S/C39H37N4O.C18H22NSi.Ir/c1-22(2)28-15-16-30(37-34(28)29-14-11-18-41-39(29)44-37)38-42-33-17-19-40-25(7)35(33)43(38)36-31(23(3)4)20-27(21-32(36)24(5)6)26-12-9-8-10-13-26;1-20(2,3)17-13-19-18(14-9-5-4-6-10-14)16-12-8-7-11-15(16)17;/h8-15,17-24H,1-7H3;4-6,9,13H,7-8,11-12H2,1-3H3;/q2*-1;. The van der Waals surface area contributed by atoms with E-state index in [9.17, 15) is 0 Å². The largest absolute Gasteiger partial charge is 0.486 e. The van der Waals surface area contributed by atoms with Crippen LogP contribution in [0.3, 0.4) is 0 Å². The van der Waals surface area contributed by atoms with E-state index < -0.39 is 8.07 Å². The van der Waals surface area contributed by atoms with Gasteiger partial charge in [-0.3, -0.25) is 9.97 Å². The van der Waals surface area contributed by atoms with Crippen LogP contribution in [0.5, 0.6) is 0 Å². The fraction of sp³-hybridized carbons (Fsp3) is 0.298. The number of imidazole rings is 1. The van der Waals surface area contributed by atoms with Crippen LogP contribution < -0.4 is 5.19 Å². The van der Waals surface area contributed by atoms with Crippen LogP contribution in [-0.4, -0.2) is 32.6 Å². The van der Waals surface area contributed by atoms with Crippen molar-refractivity contribution >= 4 is 46.4 Å². The number of benzene rings is 4. The first-order valence-corrected chi connectivity index (χ1v) is 26.6. The van der Waals surface area contributed by atoms with Crippen molar-refractivity contribution in [3.8, 4) is 39.5 Å². The third kappa shape index (κ3) is 8.69. The molecule has 0 N–H and O–H groups in total. The van der Waals surface area contributed by atoms with Crippen LogP contribution in [0.4, 0.5) is 0 Å². The molecule has 333 valence electrons. The molecule has 8 heteroatoms. The van der Waals surface area contributed by atoms with Gasteiger partial charge in [-0.25, -0.2) is 4.98 Å². The molecule has 0 saturated carbocycles. The number of hydrogen-bond acceptors (Lipinski definition) is 5. The van der Waals surface area contributed by atoms with Crippen molar-refractivity contribution in [1.82, 2.24) is 24.5 Å². The molecule has 0 bridgehead atoms. The van der Waals surface area contributed by atoms with Crippen LogP contribution in [-0.2, 0) is 32.9 Å². The van der Waals surface area contributed by atoms with E-state index in [1.807, 2.05) is 30.5 Å². The van der Waals surface area contributed by atoms with E-state index >= 15 is 0 Å². The molecule has 5 heterocycles. The molecule has 65 heavy (non-hydrogen) atoms. The monoisotopic (exact) mass is 1050 g/mol. The van der Waals surface area contributed by atoms with Crippen LogP contribution in [0.2, 0.25) is 19.6 Å². The summed E-state index contributed by atoms with van der Waals surface area (Å²) < 4.78 is 8.90. The van der Waals surface area contributed by atoms with Crippen LogP contribution in [0.15, 0.2) is 114 Å². The van der Waals surface area contributed by atoms with Gasteiger partial charge in [0.15, 0.2) is 0 Å². The third-order valence-corrected chi connectivity index (χ3v) is 14.9. The van der Waals surface area contributed by atoms with E-state index in [0.29, 0.717) is 11.6 Å². The van der Waals surface area contributed by atoms with Gasteiger partial charge in [-0.2, -0.15) is 0 Å². The molecule has 1 aliphatic carbocycles. The van der Waals surface area contributed by atoms with Gasteiger partial charge in [0.2, 0.25) is 5.71 Å². The Labute approximate surface area is 399 Å². The summed E-state index contributed by atoms with van der Waals surface area (Å²) in [6.07, 6.45) is 10.8. The normalized spacial score (nSPS) is 12.8. The zero-order valence-electron chi connectivity index (χ0n) is 39.4. The van der Waals surface area contributed by atoms with Crippen molar-refractivity contribution in [2.24, 2.45) is 0 Å². The van der Waals surface area contributed by atoms with E-state index in [2.05, 4.69) is 163 Å². The third-order valence-electron chi connectivity index (χ3n) is 12.9. The predicted molar refractivity (Wildman–Crippen MR) is 269 cm³/mol. The molecule has 0 saturated heterocycles. The summed E-state index contributed by atoms with van der Waals surface area (Å²) in [5.74, 6) is 1.61. The maximum absolute atomic E-state index is 6.57. The Bertz CT molecular complexity index is 3110. The average molecular weight is 1050 g/mol. The van der Waals surface area contributed by atoms with Gasteiger partial charge in [-0.05, 0) is 108 Å². The Morgan fingerprint density at radius 3 is 2.06 bits per heavy atom. The molecule has 1 aliphatic rings. The zero-order valence-corrected chi connectivity index (χ0v) is 42.8. The molecule has 4 aromatic carbocycles. The van der Waals surface area contributed by atoms with Gasteiger partial charge in [-0.1, -0.05) is 120 Å². The van der Waals surface area contributed by atoms with E-state index in [4.69, 9.17) is 19.4 Å². The smallest absolute Gasteiger partial charge is 0.216 e. The first-order valence-electron chi connectivity index (χ1n) is 23.1. The number of nitrogens with zero attached hydrogens (tertiary/aromatic N) is 5. The van der Waals surface area contributed by atoms with Crippen molar-refractivity contribution in [2.45, 2.75) is 112 Å². The molecule has 1 radical (unpaired) electrons. The number of aryl methyl sites for hydroxylation is 1. The number of furan rings is 1. The molecule has 5 aromatic heterocycles. The molecule has 9 aromatic rings. The minimum Gasteiger partial charge on any atom is -0.486 e. The maximum Gasteiger partial charge on any atom is 0.216 e. The summed E-state index contributed by atoms with van der Waals surface area (Å²) in [5, 5.41) is 3.66. The van der Waals surface area contributed by atoms with Crippen LogP contribution in [0.1, 0.15) is 106 Å². The molecule has 0 spiro atoms. The van der Waals surface area contributed by atoms with Crippen molar-refractivity contribution in [3.05, 3.63) is 155 Å². The van der Waals surface area contributed by atoms with Crippen LogP contribution in [0.25, 0.3) is 72.6 Å². The van der Waals surface area contributed by atoms with Gasteiger partial charge in [0, 0.05) is 49.8 Å². The molecule has 0 unspecified atom stereocenters. The molecular formula is C57H59IrN5OSi-2. The Morgan fingerprint density at radius 1 is 0.708 bits per heavy atom. The zero-order chi connectivity index (χ0) is 44.9. The summed E-state index contributed by atoms with van der Waals surface area (Å²) in [5.41, 5.74) is 17.8. The molecule has 0 fully saturated rings. The summed E-state index contributed by atoms with van der Waals surface area (Å²) in [4.78, 5) is 19.5. The molecule has 10 rings (SSSR count). The molecule has 6 nitrogen and oxygen atoms in total. The Balaban J connectivity index is 0.000000230. The summed E-state index contributed by atoms with van der Waals surface area (Å²) in [6, 6.07) is 38.7. The number of pyridine rings is 3. The second-order valence-electron chi connectivity index (χ2n) is 19.4. The van der Waals surface area contributed by atoms with E-state index in [1.54, 1.807) is 16.9 Å². The van der Waals surface area contributed by atoms with Crippen molar-refractivity contribution in [2.75, 3.05) is 0 Å². The second kappa shape index (κ2) is 18.8.